The summed E-state index contributed by atoms with van der Waals surface area (Å²) in [6.07, 6.45) is 2.41. The summed E-state index contributed by atoms with van der Waals surface area (Å²) in [5.41, 5.74) is 0.602. The van der Waals surface area contributed by atoms with Crippen molar-refractivity contribution in [3.63, 3.8) is 0 Å². The minimum absolute atomic E-state index is 0.268. The van der Waals surface area contributed by atoms with Gasteiger partial charge in [0.2, 0.25) is 0 Å². The average Bonchev–Trinajstić information content (AvgIpc) is 2.27. The SMILES string of the molecule is COc1cc(/C=C/C(=O)O)c(Br)cc1OC(C)=O. The van der Waals surface area contributed by atoms with Crippen LogP contribution in [0.2, 0.25) is 0 Å². The van der Waals surface area contributed by atoms with Crippen LogP contribution in [0, 0.1) is 0 Å². The van der Waals surface area contributed by atoms with Crippen molar-refractivity contribution in [1.29, 1.82) is 0 Å². The maximum atomic E-state index is 10.9. The number of halogens is 1. The molecule has 0 atom stereocenters. The lowest BCUT2D eigenvalue weighted by molar-refractivity contribution is -0.132. The van der Waals surface area contributed by atoms with Gasteiger partial charge in [0, 0.05) is 17.5 Å². The number of benzene rings is 1. The molecule has 0 spiro atoms. The molecule has 18 heavy (non-hydrogen) atoms. The quantitative estimate of drug-likeness (QED) is 0.525. The van der Waals surface area contributed by atoms with E-state index in [4.69, 9.17) is 14.6 Å². The monoisotopic (exact) mass is 314 g/mol. The maximum absolute atomic E-state index is 10.9. The van der Waals surface area contributed by atoms with E-state index in [1.165, 1.54) is 20.1 Å². The zero-order valence-corrected chi connectivity index (χ0v) is 11.4. The van der Waals surface area contributed by atoms with E-state index in [1.807, 2.05) is 0 Å². The molecule has 0 aliphatic carbocycles. The van der Waals surface area contributed by atoms with Crippen molar-refractivity contribution in [3.05, 3.63) is 28.2 Å². The van der Waals surface area contributed by atoms with Crippen LogP contribution in [0.4, 0.5) is 0 Å². The minimum atomic E-state index is -1.05. The molecule has 0 unspecified atom stereocenters. The number of carbonyl (C=O) groups excluding carboxylic acids is 1. The molecule has 0 aliphatic heterocycles. The van der Waals surface area contributed by atoms with Crippen molar-refractivity contribution in [3.8, 4) is 11.5 Å². The lowest BCUT2D eigenvalue weighted by Gasteiger charge is -2.10. The van der Waals surface area contributed by atoms with Crippen LogP contribution in [0.1, 0.15) is 12.5 Å². The van der Waals surface area contributed by atoms with Crippen LogP contribution in [0.15, 0.2) is 22.7 Å². The Labute approximate surface area is 112 Å². The summed E-state index contributed by atoms with van der Waals surface area (Å²) in [4.78, 5) is 21.4. The van der Waals surface area contributed by atoms with Gasteiger partial charge in [0.1, 0.15) is 0 Å². The van der Waals surface area contributed by atoms with E-state index < -0.39 is 11.9 Å². The average molecular weight is 315 g/mol. The number of carboxylic acid groups (broad SMARTS) is 1. The van der Waals surface area contributed by atoms with Gasteiger partial charge in [-0.25, -0.2) is 4.79 Å². The highest BCUT2D eigenvalue weighted by Gasteiger charge is 2.10. The largest absolute Gasteiger partial charge is 0.493 e. The Kier molecular flexibility index (Phi) is 4.91. The molecule has 1 N–H and O–H groups in total. The molecule has 0 bridgehead atoms. The molecule has 1 aromatic carbocycles. The third-order valence-electron chi connectivity index (χ3n) is 1.94. The number of aliphatic carboxylic acids is 1. The predicted molar refractivity (Wildman–Crippen MR) is 68.7 cm³/mol. The highest BCUT2D eigenvalue weighted by Crippen LogP contribution is 2.34. The molecular weight excluding hydrogens is 304 g/mol. The number of carbonyl (C=O) groups is 2. The summed E-state index contributed by atoms with van der Waals surface area (Å²) in [6, 6.07) is 3.11. The molecule has 0 aromatic heterocycles. The van der Waals surface area contributed by atoms with Crippen LogP contribution >= 0.6 is 15.9 Å². The van der Waals surface area contributed by atoms with Gasteiger partial charge in [0.25, 0.3) is 0 Å². The van der Waals surface area contributed by atoms with Gasteiger partial charge in [0.05, 0.1) is 7.11 Å². The topological polar surface area (TPSA) is 72.8 Å². The van der Waals surface area contributed by atoms with E-state index in [9.17, 15) is 9.59 Å². The van der Waals surface area contributed by atoms with Crippen LogP contribution < -0.4 is 9.47 Å². The molecule has 0 radical (unpaired) electrons. The standard InChI is InChI=1S/C12H11BrO5/c1-7(14)18-11-6-9(13)8(3-4-12(15)16)5-10(11)17-2/h3-6H,1-2H3,(H,15,16)/b4-3+. The van der Waals surface area contributed by atoms with E-state index in [2.05, 4.69) is 15.9 Å². The Morgan fingerprint density at radius 1 is 1.33 bits per heavy atom. The van der Waals surface area contributed by atoms with E-state index in [0.29, 0.717) is 15.8 Å². The van der Waals surface area contributed by atoms with Crippen molar-refractivity contribution >= 4 is 33.9 Å². The van der Waals surface area contributed by atoms with Gasteiger partial charge in [-0.05, 0) is 23.8 Å². The highest BCUT2D eigenvalue weighted by molar-refractivity contribution is 9.10. The fourth-order valence-electron chi connectivity index (χ4n) is 1.23. The molecule has 0 saturated heterocycles. The first-order valence-corrected chi connectivity index (χ1v) is 5.70. The summed E-state index contributed by atoms with van der Waals surface area (Å²) in [6.45, 7) is 1.28. The minimum Gasteiger partial charge on any atom is -0.493 e. The van der Waals surface area contributed by atoms with E-state index in [0.717, 1.165) is 6.08 Å². The third-order valence-corrected chi connectivity index (χ3v) is 2.63. The molecule has 0 fully saturated rings. The van der Waals surface area contributed by atoms with Gasteiger partial charge in [-0.3, -0.25) is 4.79 Å². The maximum Gasteiger partial charge on any atom is 0.328 e. The highest BCUT2D eigenvalue weighted by atomic mass is 79.9. The first-order chi connectivity index (χ1) is 8.43. The number of methoxy groups -OCH3 is 1. The van der Waals surface area contributed by atoms with Gasteiger partial charge in [0.15, 0.2) is 11.5 Å². The number of hydrogen-bond acceptors (Lipinski definition) is 4. The number of ether oxygens (including phenoxy) is 2. The van der Waals surface area contributed by atoms with Crippen molar-refractivity contribution in [2.24, 2.45) is 0 Å². The Bertz CT molecular complexity index is 507. The fourth-order valence-corrected chi connectivity index (χ4v) is 1.69. The summed E-state index contributed by atoms with van der Waals surface area (Å²) >= 11 is 3.26. The molecule has 0 heterocycles. The molecule has 1 rings (SSSR count). The number of hydrogen-bond donors (Lipinski definition) is 1. The molecule has 0 saturated carbocycles. The molecule has 6 heteroatoms. The van der Waals surface area contributed by atoms with Crippen LogP contribution in [-0.2, 0) is 9.59 Å². The van der Waals surface area contributed by atoms with E-state index in [1.54, 1.807) is 12.1 Å². The Morgan fingerprint density at radius 2 is 2.00 bits per heavy atom. The zero-order chi connectivity index (χ0) is 13.7. The molecular formula is C12H11BrO5. The number of rotatable bonds is 4. The molecule has 0 aliphatic rings. The number of carboxylic acids is 1. The van der Waals surface area contributed by atoms with Gasteiger partial charge < -0.3 is 14.6 Å². The smallest absolute Gasteiger partial charge is 0.328 e. The Balaban J connectivity index is 3.17. The predicted octanol–water partition coefficient (Wildman–Crippen LogP) is 2.48. The van der Waals surface area contributed by atoms with Gasteiger partial charge in [-0.1, -0.05) is 15.9 Å². The molecule has 5 nitrogen and oxygen atoms in total. The van der Waals surface area contributed by atoms with Gasteiger partial charge in [-0.2, -0.15) is 0 Å². The Morgan fingerprint density at radius 3 is 2.50 bits per heavy atom. The van der Waals surface area contributed by atoms with Crippen molar-refractivity contribution < 1.29 is 24.2 Å². The zero-order valence-electron chi connectivity index (χ0n) is 9.77. The lowest BCUT2D eigenvalue weighted by atomic mass is 10.2. The Hall–Kier alpha value is -1.82. The first-order valence-electron chi connectivity index (χ1n) is 4.91. The van der Waals surface area contributed by atoms with Crippen molar-refractivity contribution in [2.75, 3.05) is 7.11 Å². The summed E-state index contributed by atoms with van der Waals surface area (Å²) in [5.74, 6) is -0.901. The summed E-state index contributed by atoms with van der Waals surface area (Å²) in [5, 5.41) is 8.56. The molecule has 96 valence electrons. The van der Waals surface area contributed by atoms with Crippen LogP contribution in [0.5, 0.6) is 11.5 Å². The van der Waals surface area contributed by atoms with Gasteiger partial charge >= 0.3 is 11.9 Å². The second-order valence-corrected chi connectivity index (χ2v) is 4.14. The third kappa shape index (κ3) is 3.89. The van der Waals surface area contributed by atoms with Crippen LogP contribution in [0.3, 0.4) is 0 Å². The van der Waals surface area contributed by atoms with Crippen molar-refractivity contribution in [2.45, 2.75) is 6.92 Å². The second-order valence-electron chi connectivity index (χ2n) is 3.29. The molecule has 1 aromatic rings. The lowest BCUT2D eigenvalue weighted by Crippen LogP contribution is -2.03. The normalized spacial score (nSPS) is 10.4. The number of esters is 1. The van der Waals surface area contributed by atoms with Crippen LogP contribution in [-0.4, -0.2) is 24.2 Å². The van der Waals surface area contributed by atoms with Crippen molar-refractivity contribution in [1.82, 2.24) is 0 Å². The summed E-state index contributed by atoms with van der Waals surface area (Å²) < 4.78 is 10.6. The van der Waals surface area contributed by atoms with Gasteiger partial charge in [-0.15, -0.1) is 0 Å². The first kappa shape index (κ1) is 14.2. The molecule has 0 amide bonds. The van der Waals surface area contributed by atoms with Crippen LogP contribution in [0.25, 0.3) is 6.08 Å². The summed E-state index contributed by atoms with van der Waals surface area (Å²) in [7, 11) is 1.43. The fraction of sp³-hybridized carbons (Fsp3) is 0.167. The van der Waals surface area contributed by atoms with E-state index in [-0.39, 0.29) is 5.75 Å². The van der Waals surface area contributed by atoms with E-state index >= 15 is 0 Å². The second kappa shape index (κ2) is 6.20.